The second-order valence-electron chi connectivity index (χ2n) is 13.2. The second-order valence-corrected chi connectivity index (χ2v) is 14.6. The molecule has 0 aromatic carbocycles. The highest BCUT2D eigenvalue weighted by molar-refractivity contribution is 7.87. The number of carbonyl (C=O) groups excluding carboxylic acids is 1. The van der Waals surface area contributed by atoms with Crippen molar-refractivity contribution in [2.24, 2.45) is 52.3 Å². The first-order valence-electron chi connectivity index (χ1n) is 14.3. The first-order chi connectivity index (χ1) is 16.9. The standard InChI is InChI=1S/C28H50N2O5S/c1-7-19-23-16-18(31)10-13-28(23,4)22-11-14-27(3)20(8-9-21(27)24(22)25(19)32)17(2)12-15-35-26(33)29-36(34)30(5)6/h17-25,31-32H,7-16H2,1-6H3,(H,29,33)/t17-,18-,19-,20-,21+,22+,23?,24?,25-,27?,28+,36+/m1/s1. The van der Waals surface area contributed by atoms with E-state index in [1.807, 2.05) is 0 Å². The maximum Gasteiger partial charge on any atom is 0.450 e. The van der Waals surface area contributed by atoms with Gasteiger partial charge in [0.25, 0.3) is 0 Å². The van der Waals surface area contributed by atoms with Crippen LogP contribution < -0.4 is 4.72 Å². The lowest BCUT2D eigenvalue weighted by molar-refractivity contribution is -0.203. The molecule has 3 unspecified atom stereocenters. The molecule has 0 aromatic rings. The summed E-state index contributed by atoms with van der Waals surface area (Å²) in [4.78, 5) is 12.0. The van der Waals surface area contributed by atoms with Crippen molar-refractivity contribution in [3.05, 3.63) is 0 Å². The van der Waals surface area contributed by atoms with E-state index in [0.29, 0.717) is 42.1 Å². The minimum atomic E-state index is -1.58. The van der Waals surface area contributed by atoms with Crippen LogP contribution in [0.4, 0.5) is 4.79 Å². The summed E-state index contributed by atoms with van der Waals surface area (Å²) < 4.78 is 20.9. The summed E-state index contributed by atoms with van der Waals surface area (Å²) in [5, 5.41) is 22.3. The van der Waals surface area contributed by atoms with E-state index in [1.165, 1.54) is 30.0 Å². The van der Waals surface area contributed by atoms with E-state index in [0.717, 1.165) is 32.1 Å². The highest BCUT2D eigenvalue weighted by atomic mass is 32.2. The third-order valence-corrected chi connectivity index (χ3v) is 12.5. The highest BCUT2D eigenvalue weighted by Crippen LogP contribution is 2.69. The van der Waals surface area contributed by atoms with Gasteiger partial charge in [-0.3, -0.25) is 0 Å². The topological polar surface area (TPSA) is 105 Å². The van der Waals surface area contributed by atoms with Gasteiger partial charge in [-0.05, 0) is 104 Å². The van der Waals surface area contributed by atoms with Crippen molar-refractivity contribution in [3.63, 3.8) is 0 Å². The number of nitrogens with one attached hydrogen (secondary N) is 1. The van der Waals surface area contributed by atoms with Crippen LogP contribution in [0.25, 0.3) is 0 Å². The Morgan fingerprint density at radius 2 is 1.78 bits per heavy atom. The van der Waals surface area contributed by atoms with Gasteiger partial charge >= 0.3 is 6.09 Å². The molecule has 4 fully saturated rings. The van der Waals surface area contributed by atoms with Crippen LogP contribution in [0.2, 0.25) is 0 Å². The molecule has 4 aliphatic rings. The number of hydrogen-bond donors (Lipinski definition) is 3. The molecule has 7 nitrogen and oxygen atoms in total. The molecule has 0 aromatic heterocycles. The van der Waals surface area contributed by atoms with Crippen molar-refractivity contribution in [3.8, 4) is 0 Å². The number of ether oxygens (including phenoxy) is 1. The predicted octanol–water partition coefficient (Wildman–Crippen LogP) is 4.51. The summed E-state index contributed by atoms with van der Waals surface area (Å²) in [5.41, 5.74) is 0.425. The largest absolute Gasteiger partial charge is 0.573 e. The van der Waals surface area contributed by atoms with Crippen molar-refractivity contribution < 1.29 is 24.3 Å². The fourth-order valence-electron chi connectivity index (χ4n) is 9.66. The molecular formula is C28H50N2O5S. The van der Waals surface area contributed by atoms with Crippen LogP contribution in [0.3, 0.4) is 0 Å². The maximum atomic E-state index is 12.0. The van der Waals surface area contributed by atoms with Crippen LogP contribution in [-0.2, 0) is 16.3 Å². The molecule has 208 valence electrons. The van der Waals surface area contributed by atoms with Gasteiger partial charge in [0, 0.05) is 14.1 Å². The average Bonchev–Trinajstić information content (AvgIpc) is 3.17. The first-order valence-corrected chi connectivity index (χ1v) is 15.4. The van der Waals surface area contributed by atoms with Gasteiger partial charge in [0.15, 0.2) is 11.5 Å². The second kappa shape index (κ2) is 10.9. The highest BCUT2D eigenvalue weighted by Gasteiger charge is 2.64. The lowest BCUT2D eigenvalue weighted by atomic mass is 9.41. The number of carbonyl (C=O) groups is 1. The van der Waals surface area contributed by atoms with Crippen LogP contribution in [-0.4, -0.2) is 58.1 Å². The van der Waals surface area contributed by atoms with Gasteiger partial charge in [-0.15, -0.1) is 9.03 Å². The molecule has 4 rings (SSSR count). The van der Waals surface area contributed by atoms with E-state index in [1.54, 1.807) is 14.1 Å². The van der Waals surface area contributed by atoms with E-state index in [-0.39, 0.29) is 29.0 Å². The van der Waals surface area contributed by atoms with E-state index < -0.39 is 17.6 Å². The van der Waals surface area contributed by atoms with Gasteiger partial charge in [-0.2, -0.15) is 0 Å². The van der Waals surface area contributed by atoms with Crippen LogP contribution in [0.5, 0.6) is 0 Å². The number of rotatable bonds is 7. The Bertz CT molecular complexity index is 785. The summed E-state index contributed by atoms with van der Waals surface area (Å²) in [5.74, 6) is 3.10. The lowest BCUT2D eigenvalue weighted by Crippen LogP contribution is -2.62. The van der Waals surface area contributed by atoms with E-state index in [4.69, 9.17) is 4.74 Å². The Balaban J connectivity index is 1.43. The van der Waals surface area contributed by atoms with Crippen molar-refractivity contribution in [1.82, 2.24) is 9.03 Å². The number of aliphatic hydroxyl groups is 2. The molecule has 1 amide bonds. The van der Waals surface area contributed by atoms with E-state index in [2.05, 4.69) is 32.4 Å². The molecule has 12 atom stereocenters. The minimum absolute atomic E-state index is 0.200. The summed E-state index contributed by atoms with van der Waals surface area (Å²) in [6, 6.07) is 0. The Labute approximate surface area is 221 Å². The fraction of sp³-hybridized carbons (Fsp3) is 0.964. The number of nitrogens with zero attached hydrogens (tertiary/aromatic N) is 1. The molecule has 3 N–H and O–H groups in total. The number of amides is 1. The van der Waals surface area contributed by atoms with E-state index in [9.17, 15) is 19.6 Å². The molecule has 0 spiro atoms. The Kier molecular flexibility index (Phi) is 8.63. The molecule has 0 heterocycles. The molecule has 0 saturated heterocycles. The molecule has 8 heteroatoms. The molecule has 0 bridgehead atoms. The number of hydrogen-bond acceptors (Lipinski definition) is 6. The number of fused-ring (bicyclic) bond motifs is 5. The van der Waals surface area contributed by atoms with Gasteiger partial charge in [-0.25, -0.2) is 4.79 Å². The summed E-state index contributed by atoms with van der Waals surface area (Å²) in [6.07, 6.45) is 8.22. The zero-order chi connectivity index (χ0) is 26.4. The zero-order valence-electron chi connectivity index (χ0n) is 23.2. The van der Waals surface area contributed by atoms with Gasteiger partial charge in [0.2, 0.25) is 0 Å². The lowest BCUT2D eigenvalue weighted by Gasteiger charge is -2.64. The molecule has 4 saturated carbocycles. The summed E-state index contributed by atoms with van der Waals surface area (Å²) in [7, 11) is 3.27. The molecular weight excluding hydrogens is 476 g/mol. The summed E-state index contributed by atoms with van der Waals surface area (Å²) >= 11 is -1.58. The van der Waals surface area contributed by atoms with Gasteiger partial charge in [-0.1, -0.05) is 34.1 Å². The third kappa shape index (κ3) is 4.94. The predicted molar refractivity (Wildman–Crippen MR) is 142 cm³/mol. The van der Waals surface area contributed by atoms with Crippen LogP contribution in [0.1, 0.15) is 85.5 Å². The smallest absolute Gasteiger partial charge is 0.450 e. The quantitative estimate of drug-likeness (QED) is 0.422. The van der Waals surface area contributed by atoms with Crippen molar-refractivity contribution in [1.29, 1.82) is 0 Å². The Hall–Kier alpha value is -0.540. The number of aliphatic hydroxyl groups excluding tert-OH is 2. The van der Waals surface area contributed by atoms with Gasteiger partial charge < -0.3 is 19.5 Å². The average molecular weight is 527 g/mol. The summed E-state index contributed by atoms with van der Waals surface area (Å²) in [6.45, 7) is 9.79. The monoisotopic (exact) mass is 526 g/mol. The zero-order valence-corrected chi connectivity index (χ0v) is 24.1. The van der Waals surface area contributed by atoms with Gasteiger partial charge in [0.05, 0.1) is 18.8 Å². The van der Waals surface area contributed by atoms with Crippen LogP contribution in [0.15, 0.2) is 0 Å². The van der Waals surface area contributed by atoms with Crippen molar-refractivity contribution in [2.45, 2.75) is 97.7 Å². The van der Waals surface area contributed by atoms with Crippen LogP contribution >= 0.6 is 0 Å². The van der Waals surface area contributed by atoms with Crippen LogP contribution in [0, 0.1) is 52.3 Å². The molecule has 36 heavy (non-hydrogen) atoms. The molecule has 0 radical (unpaired) electrons. The van der Waals surface area contributed by atoms with E-state index >= 15 is 0 Å². The maximum absolute atomic E-state index is 12.0. The normalized spacial score (nSPS) is 45.8. The fourth-order valence-corrected chi connectivity index (χ4v) is 10.0. The minimum Gasteiger partial charge on any atom is -0.573 e. The Morgan fingerprint density at radius 3 is 2.44 bits per heavy atom. The molecule has 0 aliphatic heterocycles. The SMILES string of the molecule is CC[C@@H]1C2C[C@H](O)CC[C@@]2(C)[C@H]2CCC3(C)[C@@H]([C@H](C)CCOC(=O)N[S@+]([O-])N(C)C)CC[C@H]3C2[C@@H]1O. The Morgan fingerprint density at radius 1 is 1.11 bits per heavy atom. The van der Waals surface area contributed by atoms with Crippen molar-refractivity contribution in [2.75, 3.05) is 20.7 Å². The third-order valence-electron chi connectivity index (χ3n) is 11.5. The first kappa shape index (κ1) is 28.5. The van der Waals surface area contributed by atoms with Gasteiger partial charge in [0.1, 0.15) is 0 Å². The van der Waals surface area contributed by atoms with Crippen molar-refractivity contribution >= 4 is 17.6 Å². The molecule has 4 aliphatic carbocycles.